The van der Waals surface area contributed by atoms with Crippen molar-refractivity contribution in [3.05, 3.63) is 51.7 Å². The van der Waals surface area contributed by atoms with Crippen molar-refractivity contribution in [3.8, 4) is 5.75 Å². The van der Waals surface area contributed by atoms with Crippen LogP contribution in [-0.2, 0) is 11.3 Å². The molecule has 2 aliphatic rings. The van der Waals surface area contributed by atoms with Gasteiger partial charge in [-0.15, -0.1) is 0 Å². The maximum Gasteiger partial charge on any atom is 0.409 e. The molecule has 1 atom stereocenters. The van der Waals surface area contributed by atoms with Crippen LogP contribution in [-0.4, -0.2) is 48.2 Å². The molecule has 6 heteroatoms. The molecule has 1 unspecified atom stereocenters. The van der Waals surface area contributed by atoms with Gasteiger partial charge in [0.1, 0.15) is 11.9 Å². The van der Waals surface area contributed by atoms with Crippen LogP contribution < -0.4 is 4.74 Å². The molecule has 1 fully saturated rings. The minimum Gasteiger partial charge on any atom is -0.484 e. The van der Waals surface area contributed by atoms with Crippen LogP contribution in [0.4, 0.5) is 4.79 Å². The summed E-state index contributed by atoms with van der Waals surface area (Å²) in [6, 6.07) is 9.08. The zero-order valence-electron chi connectivity index (χ0n) is 16.6. The van der Waals surface area contributed by atoms with E-state index in [1.165, 1.54) is 16.7 Å². The van der Waals surface area contributed by atoms with Gasteiger partial charge in [0.25, 0.3) is 0 Å². The predicted molar refractivity (Wildman–Crippen MR) is 111 cm³/mol. The molecule has 0 bridgehead atoms. The molecule has 1 saturated heterocycles. The van der Waals surface area contributed by atoms with Crippen LogP contribution in [0, 0.1) is 6.92 Å². The summed E-state index contributed by atoms with van der Waals surface area (Å²) >= 11 is 1.71. The highest BCUT2D eigenvalue weighted by atomic mass is 32.1. The van der Waals surface area contributed by atoms with E-state index in [0.717, 1.165) is 44.8 Å². The molecule has 0 N–H and O–H groups in total. The van der Waals surface area contributed by atoms with Gasteiger partial charge in [0.05, 0.1) is 6.61 Å². The number of piperidine rings is 1. The van der Waals surface area contributed by atoms with E-state index in [1.807, 2.05) is 11.8 Å². The lowest BCUT2D eigenvalue weighted by Crippen LogP contribution is -2.47. The highest BCUT2D eigenvalue weighted by Gasteiger charge is 2.32. The van der Waals surface area contributed by atoms with Crippen molar-refractivity contribution >= 4 is 17.4 Å². The van der Waals surface area contributed by atoms with Crippen LogP contribution in [0.5, 0.6) is 5.75 Å². The van der Waals surface area contributed by atoms with Crippen molar-refractivity contribution in [2.75, 3.05) is 26.2 Å². The Morgan fingerprint density at radius 1 is 1.29 bits per heavy atom. The summed E-state index contributed by atoms with van der Waals surface area (Å²) in [5, 5.41) is 4.30. The Hall–Kier alpha value is -2.05. The van der Waals surface area contributed by atoms with E-state index in [-0.39, 0.29) is 12.2 Å². The Kier molecular flexibility index (Phi) is 5.87. The standard InChI is InChI=1S/C22H28N2O3S/c1-3-26-22(25)23-9-6-19(7-10-23)24-13-18-12-16(2)4-5-20(18)27-21(14-24)17-8-11-28-15-17/h4-5,8,11-12,15,19,21H,3,6-7,9-10,13-14H2,1-2H3. The highest BCUT2D eigenvalue weighted by molar-refractivity contribution is 7.07. The maximum absolute atomic E-state index is 12.0. The molecule has 1 amide bonds. The first-order chi connectivity index (χ1) is 13.6. The minimum absolute atomic E-state index is 0.0401. The van der Waals surface area contributed by atoms with Crippen LogP contribution in [0.3, 0.4) is 0 Å². The second-order valence-electron chi connectivity index (χ2n) is 7.62. The van der Waals surface area contributed by atoms with Gasteiger partial charge < -0.3 is 14.4 Å². The van der Waals surface area contributed by atoms with Crippen molar-refractivity contribution in [2.45, 2.75) is 45.4 Å². The Morgan fingerprint density at radius 2 is 2.11 bits per heavy atom. The number of carbonyl (C=O) groups is 1. The molecule has 0 aliphatic carbocycles. The normalized spacial score (nSPS) is 20.9. The third kappa shape index (κ3) is 4.18. The second-order valence-corrected chi connectivity index (χ2v) is 8.40. The molecule has 0 saturated carbocycles. The van der Waals surface area contributed by atoms with Gasteiger partial charge in [-0.1, -0.05) is 17.7 Å². The zero-order valence-corrected chi connectivity index (χ0v) is 17.4. The number of fused-ring (bicyclic) bond motifs is 1. The first-order valence-electron chi connectivity index (χ1n) is 10.1. The molecule has 3 heterocycles. The van der Waals surface area contributed by atoms with Crippen molar-refractivity contribution in [1.29, 1.82) is 0 Å². The third-order valence-corrected chi connectivity index (χ3v) is 6.38. The van der Waals surface area contributed by atoms with E-state index in [0.29, 0.717) is 12.6 Å². The van der Waals surface area contributed by atoms with Gasteiger partial charge in [-0.25, -0.2) is 4.79 Å². The quantitative estimate of drug-likeness (QED) is 0.754. The molecular formula is C22H28N2O3S. The molecule has 1 aromatic carbocycles. The van der Waals surface area contributed by atoms with Gasteiger partial charge in [-0.3, -0.25) is 4.90 Å². The lowest BCUT2D eigenvalue weighted by Gasteiger charge is -2.38. The van der Waals surface area contributed by atoms with E-state index < -0.39 is 0 Å². The zero-order chi connectivity index (χ0) is 19.5. The number of carbonyl (C=O) groups excluding carboxylic acids is 1. The number of benzene rings is 1. The Balaban J connectivity index is 1.52. The number of amides is 1. The molecule has 5 nitrogen and oxygen atoms in total. The van der Waals surface area contributed by atoms with E-state index >= 15 is 0 Å². The second kappa shape index (κ2) is 8.53. The summed E-state index contributed by atoms with van der Waals surface area (Å²) in [4.78, 5) is 16.4. The van der Waals surface area contributed by atoms with E-state index in [2.05, 4.69) is 46.8 Å². The van der Waals surface area contributed by atoms with Crippen LogP contribution in [0.1, 0.15) is 42.6 Å². The summed E-state index contributed by atoms with van der Waals surface area (Å²) in [6.45, 7) is 7.68. The van der Waals surface area contributed by atoms with Gasteiger partial charge >= 0.3 is 6.09 Å². The van der Waals surface area contributed by atoms with Gasteiger partial charge in [-0.05, 0) is 49.6 Å². The predicted octanol–water partition coefficient (Wildman–Crippen LogP) is 4.61. The Labute approximate surface area is 170 Å². The number of hydrogen-bond donors (Lipinski definition) is 0. The summed E-state index contributed by atoms with van der Waals surface area (Å²) in [6.07, 6.45) is 1.79. The first kappa shape index (κ1) is 19.3. The summed E-state index contributed by atoms with van der Waals surface area (Å²) in [5.74, 6) is 0.994. The topological polar surface area (TPSA) is 42.0 Å². The monoisotopic (exact) mass is 400 g/mol. The number of hydrogen-bond acceptors (Lipinski definition) is 5. The first-order valence-corrected chi connectivity index (χ1v) is 11.0. The highest BCUT2D eigenvalue weighted by Crippen LogP contribution is 2.34. The number of rotatable bonds is 3. The van der Waals surface area contributed by atoms with Crippen molar-refractivity contribution in [3.63, 3.8) is 0 Å². The van der Waals surface area contributed by atoms with Crippen molar-refractivity contribution in [1.82, 2.24) is 9.80 Å². The van der Waals surface area contributed by atoms with Crippen LogP contribution in [0.15, 0.2) is 35.0 Å². The van der Waals surface area contributed by atoms with Crippen molar-refractivity contribution < 1.29 is 14.3 Å². The fourth-order valence-electron chi connectivity index (χ4n) is 4.17. The summed E-state index contributed by atoms with van der Waals surface area (Å²) in [7, 11) is 0. The molecular weight excluding hydrogens is 372 g/mol. The number of nitrogens with zero attached hydrogens (tertiary/aromatic N) is 2. The summed E-state index contributed by atoms with van der Waals surface area (Å²) in [5.41, 5.74) is 3.76. The SMILES string of the molecule is CCOC(=O)N1CCC(N2Cc3cc(C)ccc3OC(c3ccsc3)C2)CC1. The molecule has 4 rings (SSSR count). The Bertz CT molecular complexity index is 800. The minimum atomic E-state index is -0.183. The van der Waals surface area contributed by atoms with E-state index in [1.54, 1.807) is 11.3 Å². The Morgan fingerprint density at radius 3 is 2.82 bits per heavy atom. The molecule has 1 aromatic heterocycles. The average molecular weight is 401 g/mol. The molecule has 150 valence electrons. The van der Waals surface area contributed by atoms with Crippen LogP contribution in [0.25, 0.3) is 0 Å². The average Bonchev–Trinajstić information content (AvgIpc) is 3.17. The number of ether oxygens (including phenoxy) is 2. The smallest absolute Gasteiger partial charge is 0.409 e. The third-order valence-electron chi connectivity index (χ3n) is 5.68. The fraction of sp³-hybridized carbons (Fsp3) is 0.500. The molecule has 2 aliphatic heterocycles. The van der Waals surface area contributed by atoms with Gasteiger partial charge in [0, 0.05) is 43.3 Å². The largest absolute Gasteiger partial charge is 0.484 e. The maximum atomic E-state index is 12.0. The molecule has 0 radical (unpaired) electrons. The number of likely N-dealkylation sites (tertiary alicyclic amines) is 1. The lowest BCUT2D eigenvalue weighted by molar-refractivity contribution is 0.0593. The van der Waals surface area contributed by atoms with Gasteiger partial charge in [0.2, 0.25) is 0 Å². The van der Waals surface area contributed by atoms with Gasteiger partial charge in [-0.2, -0.15) is 11.3 Å². The number of aryl methyl sites for hydroxylation is 1. The number of thiophene rings is 1. The molecule has 2 aromatic rings. The summed E-state index contributed by atoms with van der Waals surface area (Å²) < 4.78 is 11.6. The lowest BCUT2D eigenvalue weighted by atomic mass is 10.0. The molecule has 28 heavy (non-hydrogen) atoms. The van der Waals surface area contributed by atoms with Crippen molar-refractivity contribution in [2.24, 2.45) is 0 Å². The van der Waals surface area contributed by atoms with E-state index in [4.69, 9.17) is 9.47 Å². The van der Waals surface area contributed by atoms with E-state index in [9.17, 15) is 4.79 Å². The van der Waals surface area contributed by atoms with Crippen LogP contribution >= 0.6 is 11.3 Å². The van der Waals surface area contributed by atoms with Gasteiger partial charge in [0.15, 0.2) is 0 Å². The fourth-order valence-corrected chi connectivity index (χ4v) is 4.87. The molecule has 0 spiro atoms. The van der Waals surface area contributed by atoms with Crippen LogP contribution in [0.2, 0.25) is 0 Å².